The summed E-state index contributed by atoms with van der Waals surface area (Å²) in [5.41, 5.74) is 3.56. The second-order valence-electron chi connectivity index (χ2n) is 4.57. The highest BCUT2D eigenvalue weighted by molar-refractivity contribution is 6.30. The maximum absolute atomic E-state index is 6.09. The summed E-state index contributed by atoms with van der Waals surface area (Å²) in [6, 6.07) is 10.5. The first-order chi connectivity index (χ1) is 8.66. The second-order valence-corrected chi connectivity index (χ2v) is 5.01. The van der Waals surface area contributed by atoms with Gasteiger partial charge in [0.05, 0.1) is 0 Å². The first kappa shape index (κ1) is 13.1. The molecule has 2 rings (SSSR count). The van der Waals surface area contributed by atoms with Gasteiger partial charge in [0.15, 0.2) is 0 Å². The second kappa shape index (κ2) is 5.98. The van der Waals surface area contributed by atoms with E-state index in [1.54, 1.807) is 12.4 Å². The molecule has 2 nitrogen and oxygen atoms in total. The predicted molar refractivity (Wildman–Crippen MR) is 76.7 cm³/mol. The van der Waals surface area contributed by atoms with Crippen molar-refractivity contribution in [3.63, 3.8) is 0 Å². The Hall–Kier alpha value is -1.38. The summed E-state index contributed by atoms with van der Waals surface area (Å²) in [5, 5.41) is 4.19. The Morgan fingerprint density at radius 1 is 1.17 bits per heavy atom. The molecule has 0 bridgehead atoms. The molecule has 18 heavy (non-hydrogen) atoms. The average Bonchev–Trinajstić information content (AvgIpc) is 2.38. The highest BCUT2D eigenvalue weighted by Crippen LogP contribution is 2.26. The van der Waals surface area contributed by atoms with Crippen molar-refractivity contribution in [1.29, 1.82) is 0 Å². The lowest BCUT2D eigenvalue weighted by molar-refractivity contribution is 0.589. The van der Waals surface area contributed by atoms with Crippen molar-refractivity contribution < 1.29 is 0 Å². The number of pyridine rings is 1. The molecular formula is C15H17ClN2. The van der Waals surface area contributed by atoms with E-state index in [0.29, 0.717) is 6.04 Å². The minimum atomic E-state index is 0.464. The fourth-order valence-electron chi connectivity index (χ4n) is 1.82. The van der Waals surface area contributed by atoms with Crippen molar-refractivity contribution in [2.24, 2.45) is 0 Å². The minimum Gasteiger partial charge on any atom is -0.310 e. The molecule has 0 fully saturated rings. The van der Waals surface area contributed by atoms with Crippen LogP contribution in [0.3, 0.4) is 0 Å². The summed E-state index contributed by atoms with van der Waals surface area (Å²) in [6.45, 7) is 5.12. The van der Waals surface area contributed by atoms with Crippen LogP contribution in [0.1, 0.15) is 19.4 Å². The molecule has 0 saturated carbocycles. The number of rotatable bonds is 4. The minimum absolute atomic E-state index is 0.464. The SMILES string of the molecule is CC(C)NCc1ccc(Cl)cc1-c1ccncc1. The number of hydrogen-bond donors (Lipinski definition) is 1. The third kappa shape index (κ3) is 3.31. The topological polar surface area (TPSA) is 24.9 Å². The van der Waals surface area contributed by atoms with Crippen LogP contribution in [0.2, 0.25) is 5.02 Å². The molecule has 1 aromatic carbocycles. The van der Waals surface area contributed by atoms with Gasteiger partial charge in [-0.15, -0.1) is 0 Å². The van der Waals surface area contributed by atoms with Gasteiger partial charge >= 0.3 is 0 Å². The van der Waals surface area contributed by atoms with Crippen molar-refractivity contribution in [1.82, 2.24) is 10.3 Å². The Morgan fingerprint density at radius 3 is 2.56 bits per heavy atom. The van der Waals surface area contributed by atoms with Crippen LogP contribution >= 0.6 is 11.6 Å². The normalized spacial score (nSPS) is 10.9. The quantitative estimate of drug-likeness (QED) is 0.902. The van der Waals surface area contributed by atoms with E-state index in [-0.39, 0.29) is 0 Å². The first-order valence-corrected chi connectivity index (χ1v) is 6.47. The Bertz CT molecular complexity index is 509. The zero-order valence-corrected chi connectivity index (χ0v) is 11.4. The van der Waals surface area contributed by atoms with Crippen LogP contribution in [-0.4, -0.2) is 11.0 Å². The lowest BCUT2D eigenvalue weighted by Crippen LogP contribution is -2.22. The fraction of sp³-hybridized carbons (Fsp3) is 0.267. The number of nitrogens with zero attached hydrogens (tertiary/aromatic N) is 1. The van der Waals surface area contributed by atoms with Gasteiger partial charge in [-0.25, -0.2) is 0 Å². The van der Waals surface area contributed by atoms with Crippen LogP contribution in [0.5, 0.6) is 0 Å². The molecule has 0 aliphatic heterocycles. The average molecular weight is 261 g/mol. The van der Waals surface area contributed by atoms with E-state index in [1.807, 2.05) is 24.3 Å². The van der Waals surface area contributed by atoms with Gasteiger partial charge in [0.25, 0.3) is 0 Å². The molecule has 94 valence electrons. The van der Waals surface area contributed by atoms with E-state index < -0.39 is 0 Å². The van der Waals surface area contributed by atoms with E-state index in [2.05, 4.69) is 30.2 Å². The highest BCUT2D eigenvalue weighted by atomic mass is 35.5. The largest absolute Gasteiger partial charge is 0.310 e. The molecule has 0 aliphatic carbocycles. The Labute approximate surface area is 113 Å². The van der Waals surface area contributed by atoms with Gasteiger partial charge in [0.1, 0.15) is 0 Å². The maximum Gasteiger partial charge on any atom is 0.0412 e. The third-order valence-electron chi connectivity index (χ3n) is 2.76. The van der Waals surface area contributed by atoms with E-state index in [4.69, 9.17) is 11.6 Å². The Kier molecular flexibility index (Phi) is 4.34. The van der Waals surface area contributed by atoms with Crippen LogP contribution in [-0.2, 0) is 6.54 Å². The molecule has 0 unspecified atom stereocenters. The summed E-state index contributed by atoms with van der Waals surface area (Å²) in [5.74, 6) is 0. The van der Waals surface area contributed by atoms with E-state index in [0.717, 1.165) is 22.7 Å². The molecule has 0 amide bonds. The highest BCUT2D eigenvalue weighted by Gasteiger charge is 2.06. The number of hydrogen-bond acceptors (Lipinski definition) is 2. The summed E-state index contributed by atoms with van der Waals surface area (Å²) in [7, 11) is 0. The first-order valence-electron chi connectivity index (χ1n) is 6.09. The molecule has 0 saturated heterocycles. The van der Waals surface area contributed by atoms with Crippen LogP contribution < -0.4 is 5.32 Å². The zero-order valence-electron chi connectivity index (χ0n) is 10.7. The number of benzene rings is 1. The van der Waals surface area contributed by atoms with Crippen LogP contribution in [0, 0.1) is 0 Å². The zero-order chi connectivity index (χ0) is 13.0. The van der Waals surface area contributed by atoms with Gasteiger partial charge < -0.3 is 5.32 Å². The lowest BCUT2D eigenvalue weighted by atomic mass is 10.0. The number of halogens is 1. The van der Waals surface area contributed by atoms with Gasteiger partial charge in [-0.1, -0.05) is 31.5 Å². The van der Waals surface area contributed by atoms with Gasteiger partial charge in [-0.3, -0.25) is 4.98 Å². The predicted octanol–water partition coefficient (Wildman–Crippen LogP) is 3.90. The molecule has 0 atom stereocenters. The van der Waals surface area contributed by atoms with Crippen LogP contribution in [0.25, 0.3) is 11.1 Å². The van der Waals surface area contributed by atoms with Crippen molar-refractivity contribution in [3.05, 3.63) is 53.3 Å². The van der Waals surface area contributed by atoms with Crippen LogP contribution in [0.4, 0.5) is 0 Å². The summed E-state index contributed by atoms with van der Waals surface area (Å²) in [4.78, 5) is 4.05. The van der Waals surface area contributed by atoms with E-state index in [1.165, 1.54) is 5.56 Å². The van der Waals surface area contributed by atoms with Crippen molar-refractivity contribution >= 4 is 11.6 Å². The van der Waals surface area contributed by atoms with Crippen molar-refractivity contribution in [2.45, 2.75) is 26.4 Å². The summed E-state index contributed by atoms with van der Waals surface area (Å²) in [6.07, 6.45) is 3.60. The van der Waals surface area contributed by atoms with Crippen molar-refractivity contribution in [2.75, 3.05) is 0 Å². The monoisotopic (exact) mass is 260 g/mol. The van der Waals surface area contributed by atoms with Gasteiger partial charge in [0, 0.05) is 30.0 Å². The van der Waals surface area contributed by atoms with E-state index in [9.17, 15) is 0 Å². The molecular weight excluding hydrogens is 244 g/mol. The summed E-state index contributed by atoms with van der Waals surface area (Å²) < 4.78 is 0. The van der Waals surface area contributed by atoms with Gasteiger partial charge in [-0.05, 0) is 41.0 Å². The molecule has 1 aromatic heterocycles. The Balaban J connectivity index is 2.35. The van der Waals surface area contributed by atoms with E-state index >= 15 is 0 Å². The van der Waals surface area contributed by atoms with Crippen molar-refractivity contribution in [3.8, 4) is 11.1 Å². The van der Waals surface area contributed by atoms with Crippen LogP contribution in [0.15, 0.2) is 42.7 Å². The molecule has 1 heterocycles. The van der Waals surface area contributed by atoms with Gasteiger partial charge in [0.2, 0.25) is 0 Å². The summed E-state index contributed by atoms with van der Waals surface area (Å²) >= 11 is 6.09. The third-order valence-corrected chi connectivity index (χ3v) is 3.00. The van der Waals surface area contributed by atoms with Gasteiger partial charge in [-0.2, -0.15) is 0 Å². The molecule has 3 heteroatoms. The molecule has 1 N–H and O–H groups in total. The molecule has 0 radical (unpaired) electrons. The number of aromatic nitrogens is 1. The Morgan fingerprint density at radius 2 is 1.89 bits per heavy atom. The molecule has 0 aliphatic rings. The fourth-order valence-corrected chi connectivity index (χ4v) is 1.99. The number of nitrogens with one attached hydrogen (secondary N) is 1. The standard InChI is InChI=1S/C15H17ClN2/c1-11(2)18-10-13-3-4-14(16)9-15(13)12-5-7-17-8-6-12/h3-9,11,18H,10H2,1-2H3. The lowest BCUT2D eigenvalue weighted by Gasteiger charge is -2.13. The molecule has 0 spiro atoms. The molecule has 2 aromatic rings. The maximum atomic E-state index is 6.09. The smallest absolute Gasteiger partial charge is 0.0412 e.